The van der Waals surface area contributed by atoms with Crippen molar-refractivity contribution >= 4 is 28.3 Å². The van der Waals surface area contributed by atoms with Crippen molar-refractivity contribution in [2.24, 2.45) is 0 Å². The molecule has 2 aromatic carbocycles. The van der Waals surface area contributed by atoms with Gasteiger partial charge in [0.15, 0.2) is 0 Å². The molecule has 0 aliphatic heterocycles. The highest BCUT2D eigenvalue weighted by molar-refractivity contribution is 5.91. The fourth-order valence-electron chi connectivity index (χ4n) is 3.28. The number of hydrogen-bond donors (Lipinski definition) is 1. The molecule has 0 saturated carbocycles. The lowest BCUT2D eigenvalue weighted by Crippen LogP contribution is -2.18. The highest BCUT2D eigenvalue weighted by Crippen LogP contribution is 2.26. The van der Waals surface area contributed by atoms with Gasteiger partial charge in [0.1, 0.15) is 34.7 Å². The fraction of sp³-hybridized carbons (Fsp3) is 0. The molecule has 3 aromatic heterocycles. The third-order valence-corrected chi connectivity index (χ3v) is 4.82. The predicted molar refractivity (Wildman–Crippen MR) is 118 cm³/mol. The van der Waals surface area contributed by atoms with E-state index >= 15 is 0 Å². The van der Waals surface area contributed by atoms with Gasteiger partial charge in [0.2, 0.25) is 5.88 Å². The molecule has 0 saturated heterocycles. The lowest BCUT2D eigenvalue weighted by atomic mass is 10.2. The van der Waals surface area contributed by atoms with Gasteiger partial charge >= 0.3 is 0 Å². The lowest BCUT2D eigenvalue weighted by molar-refractivity contribution is 0.459. The van der Waals surface area contributed by atoms with Crippen LogP contribution in [0.25, 0.3) is 28.3 Å². The number of hydrogen-bond acceptors (Lipinski definition) is 5. The summed E-state index contributed by atoms with van der Waals surface area (Å²) in [5.74, 6) is 0.201. The second-order valence-corrected chi connectivity index (χ2v) is 6.89. The molecular formula is C24H14FN5O2. The number of pyridine rings is 1. The van der Waals surface area contributed by atoms with Crippen LogP contribution in [0.1, 0.15) is 11.4 Å². The molecule has 0 amide bonds. The SMILES string of the molecule is N#C/C(=C\c1c(Oc2ccc(F)cc2)nc2ccccn2c1=O)c1nc2ccccc2[nH]1. The van der Waals surface area contributed by atoms with Gasteiger partial charge in [0.05, 0.1) is 16.6 Å². The first kappa shape index (κ1) is 19.2. The molecule has 32 heavy (non-hydrogen) atoms. The lowest BCUT2D eigenvalue weighted by Gasteiger charge is -2.10. The van der Waals surface area contributed by atoms with Gasteiger partial charge in [-0.2, -0.15) is 10.2 Å². The molecule has 0 bridgehead atoms. The van der Waals surface area contributed by atoms with Crippen molar-refractivity contribution in [2.75, 3.05) is 0 Å². The van der Waals surface area contributed by atoms with Gasteiger partial charge in [-0.3, -0.25) is 9.20 Å². The zero-order valence-corrected chi connectivity index (χ0v) is 16.5. The summed E-state index contributed by atoms with van der Waals surface area (Å²) >= 11 is 0. The Bertz CT molecular complexity index is 1560. The molecule has 5 rings (SSSR count). The molecule has 0 fully saturated rings. The molecule has 154 valence electrons. The molecule has 0 atom stereocenters. The summed E-state index contributed by atoms with van der Waals surface area (Å²) in [6.45, 7) is 0. The molecule has 0 unspecified atom stereocenters. The molecule has 0 aliphatic rings. The highest BCUT2D eigenvalue weighted by Gasteiger charge is 2.16. The zero-order valence-electron chi connectivity index (χ0n) is 16.5. The van der Waals surface area contributed by atoms with Crippen molar-refractivity contribution in [1.82, 2.24) is 19.4 Å². The summed E-state index contributed by atoms with van der Waals surface area (Å²) in [4.78, 5) is 25.2. The van der Waals surface area contributed by atoms with E-state index in [-0.39, 0.29) is 17.0 Å². The molecule has 1 N–H and O–H groups in total. The van der Waals surface area contributed by atoms with Crippen molar-refractivity contribution < 1.29 is 9.13 Å². The molecule has 0 radical (unpaired) electrons. The highest BCUT2D eigenvalue weighted by atomic mass is 19.1. The van der Waals surface area contributed by atoms with Crippen LogP contribution < -0.4 is 10.3 Å². The third kappa shape index (κ3) is 3.48. The third-order valence-electron chi connectivity index (χ3n) is 4.82. The van der Waals surface area contributed by atoms with E-state index < -0.39 is 11.4 Å². The average molecular weight is 423 g/mol. The molecule has 7 nitrogen and oxygen atoms in total. The number of nitrogens with one attached hydrogen (secondary N) is 1. The summed E-state index contributed by atoms with van der Waals surface area (Å²) in [7, 11) is 0. The minimum Gasteiger partial charge on any atom is -0.438 e. The van der Waals surface area contributed by atoms with Gasteiger partial charge < -0.3 is 9.72 Å². The zero-order chi connectivity index (χ0) is 22.1. The fourth-order valence-corrected chi connectivity index (χ4v) is 3.28. The van der Waals surface area contributed by atoms with Crippen LogP contribution in [0.15, 0.2) is 77.7 Å². The van der Waals surface area contributed by atoms with E-state index in [1.165, 1.54) is 34.7 Å². The van der Waals surface area contributed by atoms with Crippen molar-refractivity contribution in [3.05, 3.63) is 100 Å². The number of ether oxygens (including phenoxy) is 1. The van der Waals surface area contributed by atoms with E-state index in [4.69, 9.17) is 4.74 Å². The summed E-state index contributed by atoms with van der Waals surface area (Å²) in [5, 5.41) is 9.79. The molecular weight excluding hydrogens is 409 g/mol. The maximum absolute atomic E-state index is 13.3. The number of H-pyrrole nitrogens is 1. The summed E-state index contributed by atoms with van der Waals surface area (Å²) in [5.41, 5.74) is 1.61. The van der Waals surface area contributed by atoms with E-state index in [0.717, 1.165) is 5.52 Å². The Labute approximate surface area is 180 Å². The summed E-state index contributed by atoms with van der Waals surface area (Å²) in [6.07, 6.45) is 2.97. The first-order valence-electron chi connectivity index (χ1n) is 9.64. The number of nitrogens with zero attached hydrogens (tertiary/aromatic N) is 4. The number of imidazole rings is 1. The second kappa shape index (κ2) is 7.81. The predicted octanol–water partition coefficient (Wildman–Crippen LogP) is 4.57. The number of nitriles is 1. The second-order valence-electron chi connectivity index (χ2n) is 6.89. The number of halogens is 1. The summed E-state index contributed by atoms with van der Waals surface area (Å²) in [6, 6.07) is 19.9. The van der Waals surface area contributed by atoms with Crippen LogP contribution in [-0.2, 0) is 0 Å². The van der Waals surface area contributed by atoms with Gasteiger partial charge in [-0.15, -0.1) is 0 Å². The number of aromatic amines is 1. The Morgan fingerprint density at radius 3 is 2.62 bits per heavy atom. The number of para-hydroxylation sites is 2. The van der Waals surface area contributed by atoms with Crippen LogP contribution in [-0.4, -0.2) is 19.4 Å². The van der Waals surface area contributed by atoms with Crippen LogP contribution in [0.4, 0.5) is 4.39 Å². The Balaban J connectivity index is 1.70. The van der Waals surface area contributed by atoms with Gasteiger partial charge in [-0.25, -0.2) is 9.37 Å². The minimum atomic E-state index is -0.420. The van der Waals surface area contributed by atoms with E-state index in [9.17, 15) is 14.4 Å². The van der Waals surface area contributed by atoms with Crippen LogP contribution in [0.3, 0.4) is 0 Å². The Morgan fingerprint density at radius 1 is 1.06 bits per heavy atom. The van der Waals surface area contributed by atoms with Gasteiger partial charge in [-0.05, 0) is 54.6 Å². The first-order chi connectivity index (χ1) is 15.6. The maximum atomic E-state index is 13.3. The van der Waals surface area contributed by atoms with Crippen LogP contribution in [0.2, 0.25) is 0 Å². The molecule has 5 aromatic rings. The molecule has 3 heterocycles. The standard InChI is InChI=1S/C24H14FN5O2/c25-16-8-10-17(11-9-16)32-23-18(24(31)30-12-4-3-7-21(30)29-23)13-15(14-26)22-27-19-5-1-2-6-20(19)28-22/h1-13H,(H,27,28)/b15-13+. The Hall–Kier alpha value is -4.77. The number of allylic oxidation sites excluding steroid dienone is 1. The van der Waals surface area contributed by atoms with Crippen molar-refractivity contribution in [3.63, 3.8) is 0 Å². The molecule has 8 heteroatoms. The first-order valence-corrected chi connectivity index (χ1v) is 9.64. The monoisotopic (exact) mass is 423 g/mol. The van der Waals surface area contributed by atoms with Crippen molar-refractivity contribution in [2.45, 2.75) is 0 Å². The van der Waals surface area contributed by atoms with Crippen LogP contribution >= 0.6 is 0 Å². The van der Waals surface area contributed by atoms with E-state index in [2.05, 4.69) is 21.0 Å². The Kier molecular flexibility index (Phi) is 4.69. The number of rotatable bonds is 4. The van der Waals surface area contributed by atoms with Gasteiger partial charge in [0, 0.05) is 6.20 Å². The smallest absolute Gasteiger partial charge is 0.269 e. The minimum absolute atomic E-state index is 0.00308. The number of benzene rings is 2. The normalized spacial score (nSPS) is 11.6. The Morgan fingerprint density at radius 2 is 1.84 bits per heavy atom. The topological polar surface area (TPSA) is 96.1 Å². The molecule has 0 aliphatic carbocycles. The van der Waals surface area contributed by atoms with Gasteiger partial charge in [-0.1, -0.05) is 18.2 Å². The largest absolute Gasteiger partial charge is 0.438 e. The number of aromatic nitrogens is 4. The van der Waals surface area contributed by atoms with E-state index in [0.29, 0.717) is 22.7 Å². The van der Waals surface area contributed by atoms with Crippen LogP contribution in [0.5, 0.6) is 11.6 Å². The number of fused-ring (bicyclic) bond motifs is 2. The van der Waals surface area contributed by atoms with Crippen molar-refractivity contribution in [3.8, 4) is 17.7 Å². The average Bonchev–Trinajstić information content (AvgIpc) is 3.24. The summed E-state index contributed by atoms with van der Waals surface area (Å²) < 4.78 is 20.5. The molecule has 0 spiro atoms. The van der Waals surface area contributed by atoms with Crippen LogP contribution in [0, 0.1) is 17.1 Å². The van der Waals surface area contributed by atoms with E-state index in [1.807, 2.05) is 24.3 Å². The quantitative estimate of drug-likeness (QED) is 0.427. The van der Waals surface area contributed by atoms with Gasteiger partial charge in [0.25, 0.3) is 5.56 Å². The maximum Gasteiger partial charge on any atom is 0.269 e. The van der Waals surface area contributed by atoms with Crippen molar-refractivity contribution in [1.29, 1.82) is 5.26 Å². The van der Waals surface area contributed by atoms with E-state index in [1.54, 1.807) is 24.4 Å².